The van der Waals surface area contributed by atoms with Crippen LogP contribution in [0.4, 0.5) is 5.69 Å². The maximum Gasteiger partial charge on any atom is 0.353 e. The molecule has 0 atom stereocenters. The van der Waals surface area contributed by atoms with Crippen molar-refractivity contribution in [3.63, 3.8) is 0 Å². The Morgan fingerprint density at radius 2 is 2.19 bits per heavy atom. The minimum atomic E-state index is -1.05. The normalized spacial score (nSPS) is 15.2. The van der Waals surface area contributed by atoms with E-state index >= 15 is 0 Å². The lowest BCUT2D eigenvalue weighted by Gasteiger charge is -2.27. The highest BCUT2D eigenvalue weighted by Gasteiger charge is 2.19. The minimum Gasteiger partial charge on any atom is -0.477 e. The summed E-state index contributed by atoms with van der Waals surface area (Å²) >= 11 is 0. The largest absolute Gasteiger partial charge is 0.477 e. The number of carbonyl (C=O) groups is 2. The van der Waals surface area contributed by atoms with Gasteiger partial charge in [0.25, 0.3) is 0 Å². The number of aromatic amines is 1. The van der Waals surface area contributed by atoms with E-state index in [-0.39, 0.29) is 11.6 Å². The van der Waals surface area contributed by atoms with E-state index in [0.29, 0.717) is 18.8 Å². The number of amides is 1. The van der Waals surface area contributed by atoms with Gasteiger partial charge in [-0.05, 0) is 18.2 Å². The molecule has 1 aliphatic heterocycles. The van der Waals surface area contributed by atoms with Crippen LogP contribution >= 0.6 is 0 Å². The number of aromatic carboxylic acids is 1. The molecular formula is C14H14N4O3. The molecule has 1 aromatic heterocycles. The van der Waals surface area contributed by atoms with Crippen molar-refractivity contribution in [2.75, 3.05) is 24.5 Å². The molecule has 3 N–H and O–H groups in total. The third-order valence-electron chi connectivity index (χ3n) is 3.35. The van der Waals surface area contributed by atoms with Gasteiger partial charge >= 0.3 is 5.97 Å². The fraction of sp³-hybridized carbons (Fsp3) is 0.214. The third-order valence-corrected chi connectivity index (χ3v) is 3.35. The number of aromatic nitrogens is 2. The van der Waals surface area contributed by atoms with Crippen molar-refractivity contribution >= 4 is 17.6 Å². The van der Waals surface area contributed by atoms with E-state index in [1.165, 1.54) is 6.07 Å². The number of carbonyl (C=O) groups excluding carboxylic acids is 1. The van der Waals surface area contributed by atoms with Crippen LogP contribution in [0.1, 0.15) is 10.5 Å². The zero-order chi connectivity index (χ0) is 14.8. The zero-order valence-corrected chi connectivity index (χ0v) is 11.2. The summed E-state index contributed by atoms with van der Waals surface area (Å²) in [6.45, 7) is 1.69. The van der Waals surface area contributed by atoms with Crippen LogP contribution in [0.25, 0.3) is 11.3 Å². The monoisotopic (exact) mass is 286 g/mol. The van der Waals surface area contributed by atoms with E-state index in [4.69, 9.17) is 5.11 Å². The van der Waals surface area contributed by atoms with Crippen molar-refractivity contribution in [1.29, 1.82) is 0 Å². The number of carboxylic acids is 1. The van der Waals surface area contributed by atoms with E-state index in [1.54, 1.807) is 4.90 Å². The maximum absolute atomic E-state index is 11.9. The second-order valence-electron chi connectivity index (χ2n) is 4.74. The van der Waals surface area contributed by atoms with Gasteiger partial charge in [-0.1, -0.05) is 12.1 Å². The van der Waals surface area contributed by atoms with Gasteiger partial charge in [0.2, 0.25) is 5.91 Å². The van der Waals surface area contributed by atoms with Crippen molar-refractivity contribution in [3.8, 4) is 11.3 Å². The summed E-state index contributed by atoms with van der Waals surface area (Å²) in [5.74, 6) is -1.03. The van der Waals surface area contributed by atoms with Crippen LogP contribution in [0.3, 0.4) is 0 Å². The number of hydrogen-bond acceptors (Lipinski definition) is 4. The average Bonchev–Trinajstić information content (AvgIpc) is 2.98. The molecule has 7 heteroatoms. The molecule has 1 fully saturated rings. The summed E-state index contributed by atoms with van der Waals surface area (Å²) < 4.78 is 0. The van der Waals surface area contributed by atoms with E-state index in [9.17, 15) is 9.59 Å². The Morgan fingerprint density at radius 1 is 1.33 bits per heavy atom. The highest BCUT2D eigenvalue weighted by atomic mass is 16.4. The second kappa shape index (κ2) is 5.37. The molecule has 2 aromatic rings. The highest BCUT2D eigenvalue weighted by Crippen LogP contribution is 2.24. The Bertz CT molecular complexity index is 695. The third kappa shape index (κ3) is 2.63. The summed E-state index contributed by atoms with van der Waals surface area (Å²) in [6.07, 6.45) is 0. The highest BCUT2D eigenvalue weighted by molar-refractivity contribution is 5.96. The molecule has 1 amide bonds. The summed E-state index contributed by atoms with van der Waals surface area (Å²) in [5, 5.41) is 18.4. The number of benzene rings is 1. The van der Waals surface area contributed by atoms with Crippen LogP contribution in [0.15, 0.2) is 30.3 Å². The molecule has 1 aromatic carbocycles. The van der Waals surface area contributed by atoms with E-state index in [0.717, 1.165) is 17.8 Å². The van der Waals surface area contributed by atoms with Gasteiger partial charge in [0.15, 0.2) is 0 Å². The van der Waals surface area contributed by atoms with Crippen molar-refractivity contribution in [2.45, 2.75) is 0 Å². The smallest absolute Gasteiger partial charge is 0.353 e. The molecule has 0 radical (unpaired) electrons. The van der Waals surface area contributed by atoms with Gasteiger partial charge < -0.3 is 15.3 Å². The van der Waals surface area contributed by atoms with Gasteiger partial charge in [-0.25, -0.2) is 4.79 Å². The topological polar surface area (TPSA) is 98.3 Å². The number of H-pyrrole nitrogens is 1. The predicted molar refractivity (Wildman–Crippen MR) is 76.2 cm³/mol. The molecule has 108 valence electrons. The van der Waals surface area contributed by atoms with Crippen LogP contribution < -0.4 is 10.2 Å². The van der Waals surface area contributed by atoms with Crippen LogP contribution in [0.2, 0.25) is 0 Å². The Balaban J connectivity index is 1.91. The first-order chi connectivity index (χ1) is 10.1. The molecule has 3 rings (SSSR count). The summed E-state index contributed by atoms with van der Waals surface area (Å²) in [7, 11) is 0. The average molecular weight is 286 g/mol. The van der Waals surface area contributed by atoms with Crippen LogP contribution in [0.5, 0.6) is 0 Å². The summed E-state index contributed by atoms with van der Waals surface area (Å²) in [5.41, 5.74) is 2.13. The lowest BCUT2D eigenvalue weighted by molar-refractivity contribution is -0.118. The number of nitrogens with zero attached hydrogens (tertiary/aromatic N) is 2. The molecule has 7 nitrogen and oxygen atoms in total. The Kier molecular flexibility index (Phi) is 3.41. The Hall–Kier alpha value is -2.67. The fourth-order valence-corrected chi connectivity index (χ4v) is 2.29. The van der Waals surface area contributed by atoms with Gasteiger partial charge in [-0.15, -0.1) is 0 Å². The zero-order valence-electron chi connectivity index (χ0n) is 11.2. The molecule has 21 heavy (non-hydrogen) atoms. The molecule has 0 bridgehead atoms. The number of carboxylic acid groups (broad SMARTS) is 1. The van der Waals surface area contributed by atoms with Gasteiger partial charge in [0.05, 0.1) is 12.2 Å². The summed E-state index contributed by atoms with van der Waals surface area (Å²) in [6, 6.07) is 8.83. The first kappa shape index (κ1) is 13.3. The van der Waals surface area contributed by atoms with Crippen molar-refractivity contribution in [1.82, 2.24) is 15.5 Å². The van der Waals surface area contributed by atoms with Crippen LogP contribution in [-0.4, -0.2) is 46.8 Å². The second-order valence-corrected chi connectivity index (χ2v) is 4.74. The number of nitrogens with one attached hydrogen (secondary N) is 2. The molecule has 0 unspecified atom stereocenters. The van der Waals surface area contributed by atoms with Gasteiger partial charge in [0.1, 0.15) is 5.69 Å². The first-order valence-electron chi connectivity index (χ1n) is 6.55. The molecule has 0 aliphatic carbocycles. The first-order valence-corrected chi connectivity index (χ1v) is 6.55. The number of anilines is 1. The van der Waals surface area contributed by atoms with Crippen molar-refractivity contribution in [2.24, 2.45) is 0 Å². The number of rotatable bonds is 3. The molecule has 1 aliphatic rings. The summed E-state index contributed by atoms with van der Waals surface area (Å²) in [4.78, 5) is 24.5. The molecule has 1 saturated heterocycles. The van der Waals surface area contributed by atoms with Gasteiger partial charge in [-0.2, -0.15) is 5.10 Å². The fourth-order valence-electron chi connectivity index (χ4n) is 2.29. The predicted octanol–water partition coefficient (Wildman–Crippen LogP) is 0.711. The number of hydrogen-bond donors (Lipinski definition) is 3. The Labute approximate surface area is 120 Å². The minimum absolute atomic E-state index is 0.0200. The molecule has 0 spiro atoms. The van der Waals surface area contributed by atoms with E-state index in [2.05, 4.69) is 15.5 Å². The van der Waals surface area contributed by atoms with E-state index in [1.807, 2.05) is 24.3 Å². The van der Waals surface area contributed by atoms with Crippen molar-refractivity contribution < 1.29 is 14.7 Å². The standard InChI is InChI=1S/C14H14N4O3/c19-13-8-15-4-5-18(13)10-3-1-2-9(6-10)11-7-12(14(20)21)17-16-11/h1-3,6-7,15H,4-5,8H2,(H,16,17)(H,20,21). The van der Waals surface area contributed by atoms with E-state index < -0.39 is 5.97 Å². The maximum atomic E-state index is 11.9. The van der Waals surface area contributed by atoms with Crippen LogP contribution in [0, 0.1) is 0 Å². The SMILES string of the molecule is O=C(O)c1cc(-c2cccc(N3CCNCC3=O)c2)n[nH]1. The van der Waals surface area contributed by atoms with Gasteiger partial charge in [0, 0.05) is 24.3 Å². The lowest BCUT2D eigenvalue weighted by atomic mass is 10.1. The van der Waals surface area contributed by atoms with Gasteiger partial charge in [-0.3, -0.25) is 9.89 Å². The molecule has 2 heterocycles. The Morgan fingerprint density at radius 3 is 2.90 bits per heavy atom. The lowest BCUT2D eigenvalue weighted by Crippen LogP contribution is -2.48. The quantitative estimate of drug-likeness (QED) is 0.772. The van der Waals surface area contributed by atoms with Crippen LogP contribution in [-0.2, 0) is 4.79 Å². The van der Waals surface area contributed by atoms with Crippen molar-refractivity contribution in [3.05, 3.63) is 36.0 Å². The molecule has 0 saturated carbocycles. The number of piperazine rings is 1. The molecular weight excluding hydrogens is 272 g/mol.